The number of carbonyl (C=O) groups excluding carboxylic acids is 1. The highest BCUT2D eigenvalue weighted by Gasteiger charge is 2.21. The lowest BCUT2D eigenvalue weighted by Gasteiger charge is -2.11. The summed E-state index contributed by atoms with van der Waals surface area (Å²) in [6, 6.07) is 9.14. The Labute approximate surface area is 137 Å². The Bertz CT molecular complexity index is 560. The van der Waals surface area contributed by atoms with Crippen molar-refractivity contribution in [1.29, 1.82) is 0 Å². The van der Waals surface area contributed by atoms with Gasteiger partial charge in [-0.05, 0) is 24.9 Å². The Morgan fingerprint density at radius 3 is 2.64 bits per heavy atom. The SMILES string of the molecule is Cl.O=C(NCCS(=O)(=O)NCc1ccccc1)C1CCCN1. The molecule has 0 spiro atoms. The maximum atomic E-state index is 11.8. The van der Waals surface area contributed by atoms with Crippen LogP contribution >= 0.6 is 12.4 Å². The minimum absolute atomic E-state index is 0. The van der Waals surface area contributed by atoms with Crippen LogP contribution in [0.1, 0.15) is 18.4 Å². The highest BCUT2D eigenvalue weighted by molar-refractivity contribution is 7.89. The Morgan fingerprint density at radius 2 is 2.00 bits per heavy atom. The molecule has 124 valence electrons. The van der Waals surface area contributed by atoms with Gasteiger partial charge in [0.1, 0.15) is 0 Å². The van der Waals surface area contributed by atoms with Crippen LogP contribution in [0.25, 0.3) is 0 Å². The van der Waals surface area contributed by atoms with Gasteiger partial charge in [-0.1, -0.05) is 30.3 Å². The van der Waals surface area contributed by atoms with Crippen LogP contribution in [0.2, 0.25) is 0 Å². The molecule has 3 N–H and O–H groups in total. The zero-order chi connectivity index (χ0) is 15.1. The first-order valence-corrected chi connectivity index (χ1v) is 8.74. The maximum absolute atomic E-state index is 11.8. The van der Waals surface area contributed by atoms with Crippen molar-refractivity contribution in [2.24, 2.45) is 0 Å². The van der Waals surface area contributed by atoms with Gasteiger partial charge in [-0.3, -0.25) is 4.79 Å². The number of carbonyl (C=O) groups is 1. The Balaban J connectivity index is 0.00000242. The molecule has 1 saturated heterocycles. The van der Waals surface area contributed by atoms with Crippen LogP contribution in [0.15, 0.2) is 30.3 Å². The fraction of sp³-hybridized carbons (Fsp3) is 0.500. The Morgan fingerprint density at radius 1 is 1.27 bits per heavy atom. The molecule has 6 nitrogen and oxygen atoms in total. The largest absolute Gasteiger partial charge is 0.354 e. The first-order chi connectivity index (χ1) is 10.1. The van der Waals surface area contributed by atoms with Gasteiger partial charge in [-0.15, -0.1) is 12.4 Å². The van der Waals surface area contributed by atoms with Crippen molar-refractivity contribution in [2.75, 3.05) is 18.8 Å². The second kappa shape index (κ2) is 9.09. The van der Waals surface area contributed by atoms with Crippen LogP contribution < -0.4 is 15.4 Å². The molecule has 1 atom stereocenters. The number of nitrogens with one attached hydrogen (secondary N) is 3. The third-order valence-corrected chi connectivity index (χ3v) is 4.71. The average Bonchev–Trinajstić information content (AvgIpc) is 3.00. The van der Waals surface area contributed by atoms with Gasteiger partial charge in [0.25, 0.3) is 0 Å². The lowest BCUT2D eigenvalue weighted by Crippen LogP contribution is -2.43. The summed E-state index contributed by atoms with van der Waals surface area (Å²) in [6.07, 6.45) is 1.79. The molecule has 1 unspecified atom stereocenters. The second-order valence-electron chi connectivity index (χ2n) is 5.07. The number of halogens is 1. The second-order valence-corrected chi connectivity index (χ2v) is 6.99. The number of hydrogen-bond donors (Lipinski definition) is 3. The predicted octanol–water partition coefficient (Wildman–Crippen LogP) is 0.396. The molecule has 1 aromatic rings. The van der Waals surface area contributed by atoms with E-state index in [1.54, 1.807) is 0 Å². The molecule has 0 aromatic heterocycles. The third kappa shape index (κ3) is 6.31. The van der Waals surface area contributed by atoms with Crippen LogP contribution in [0.4, 0.5) is 0 Å². The third-order valence-electron chi connectivity index (χ3n) is 3.39. The average molecular weight is 348 g/mol. The summed E-state index contributed by atoms with van der Waals surface area (Å²) in [6.45, 7) is 1.23. The summed E-state index contributed by atoms with van der Waals surface area (Å²) in [7, 11) is -3.38. The van der Waals surface area contributed by atoms with Crippen LogP contribution in [-0.4, -0.2) is 39.2 Å². The molecule has 1 amide bonds. The molecule has 0 saturated carbocycles. The molecule has 22 heavy (non-hydrogen) atoms. The van der Waals surface area contributed by atoms with Crippen LogP contribution in [-0.2, 0) is 21.4 Å². The zero-order valence-corrected chi connectivity index (χ0v) is 13.9. The molecule has 8 heteroatoms. The van der Waals surface area contributed by atoms with E-state index < -0.39 is 10.0 Å². The Hall–Kier alpha value is -1.15. The Kier molecular flexibility index (Phi) is 7.81. The van der Waals surface area contributed by atoms with E-state index in [2.05, 4.69) is 15.4 Å². The van der Waals surface area contributed by atoms with Crippen LogP contribution in [0.3, 0.4) is 0 Å². The number of benzene rings is 1. The van der Waals surface area contributed by atoms with Crippen molar-refractivity contribution in [3.05, 3.63) is 35.9 Å². The maximum Gasteiger partial charge on any atom is 0.237 e. The summed E-state index contributed by atoms with van der Waals surface area (Å²) in [5, 5.41) is 5.73. The molecule has 1 aromatic carbocycles. The van der Waals surface area contributed by atoms with E-state index in [1.165, 1.54) is 0 Å². The summed E-state index contributed by atoms with van der Waals surface area (Å²) >= 11 is 0. The molecule has 0 bridgehead atoms. The van der Waals surface area contributed by atoms with Crippen molar-refractivity contribution < 1.29 is 13.2 Å². The van der Waals surface area contributed by atoms with Gasteiger partial charge in [0.2, 0.25) is 15.9 Å². The smallest absolute Gasteiger partial charge is 0.237 e. The van der Waals surface area contributed by atoms with Gasteiger partial charge in [0.15, 0.2) is 0 Å². The van der Waals surface area contributed by atoms with Gasteiger partial charge < -0.3 is 10.6 Å². The summed E-state index contributed by atoms with van der Waals surface area (Å²) in [5.41, 5.74) is 0.903. The number of rotatable bonds is 7. The van der Waals surface area contributed by atoms with Gasteiger partial charge in [-0.25, -0.2) is 13.1 Å². The van der Waals surface area contributed by atoms with Crippen LogP contribution in [0.5, 0.6) is 0 Å². The van der Waals surface area contributed by atoms with Crippen molar-refractivity contribution >= 4 is 28.3 Å². The van der Waals surface area contributed by atoms with Gasteiger partial charge in [-0.2, -0.15) is 0 Å². The minimum atomic E-state index is -3.38. The fourth-order valence-corrected chi connectivity index (χ4v) is 3.10. The molecule has 1 heterocycles. The molecule has 1 aliphatic heterocycles. The first-order valence-electron chi connectivity index (χ1n) is 7.09. The number of hydrogen-bond acceptors (Lipinski definition) is 4. The van der Waals surface area contributed by atoms with E-state index >= 15 is 0 Å². The van der Waals surface area contributed by atoms with E-state index in [0.29, 0.717) is 0 Å². The molecule has 1 fully saturated rings. The highest BCUT2D eigenvalue weighted by atomic mass is 35.5. The monoisotopic (exact) mass is 347 g/mol. The zero-order valence-electron chi connectivity index (χ0n) is 12.2. The molecule has 0 radical (unpaired) electrons. The molecule has 1 aliphatic rings. The van der Waals surface area contributed by atoms with Gasteiger partial charge in [0.05, 0.1) is 11.8 Å². The molecular formula is C14H22ClN3O3S. The van der Waals surface area contributed by atoms with E-state index in [0.717, 1.165) is 24.9 Å². The standard InChI is InChI=1S/C14H21N3O3S.ClH/c18-14(13-7-4-8-15-13)16-9-10-21(19,20)17-11-12-5-2-1-3-6-12;/h1-3,5-6,13,15,17H,4,7-11H2,(H,16,18);1H. The van der Waals surface area contributed by atoms with Crippen molar-refractivity contribution in [3.63, 3.8) is 0 Å². The minimum Gasteiger partial charge on any atom is -0.354 e. The fourth-order valence-electron chi connectivity index (χ4n) is 2.20. The number of amides is 1. The van der Waals surface area contributed by atoms with Crippen LogP contribution in [0, 0.1) is 0 Å². The quantitative estimate of drug-likeness (QED) is 0.666. The number of sulfonamides is 1. The highest BCUT2D eigenvalue weighted by Crippen LogP contribution is 2.04. The summed E-state index contributed by atoms with van der Waals surface area (Å²) in [5.74, 6) is -0.232. The van der Waals surface area contributed by atoms with Gasteiger partial charge in [0, 0.05) is 13.1 Å². The van der Waals surface area contributed by atoms with E-state index in [4.69, 9.17) is 0 Å². The first kappa shape index (κ1) is 18.9. The van der Waals surface area contributed by atoms with Crippen molar-refractivity contribution in [2.45, 2.75) is 25.4 Å². The van der Waals surface area contributed by atoms with E-state index in [-0.39, 0.29) is 43.2 Å². The lowest BCUT2D eigenvalue weighted by molar-refractivity contribution is -0.122. The molecular weight excluding hydrogens is 326 g/mol. The predicted molar refractivity (Wildman–Crippen MR) is 88.4 cm³/mol. The normalized spacial score (nSPS) is 17.7. The summed E-state index contributed by atoms with van der Waals surface area (Å²) < 4.78 is 26.2. The van der Waals surface area contributed by atoms with E-state index in [9.17, 15) is 13.2 Å². The lowest BCUT2D eigenvalue weighted by atomic mass is 10.2. The summed E-state index contributed by atoms with van der Waals surface area (Å²) in [4.78, 5) is 11.7. The molecule has 2 rings (SSSR count). The van der Waals surface area contributed by atoms with E-state index in [1.807, 2.05) is 30.3 Å². The van der Waals surface area contributed by atoms with Gasteiger partial charge >= 0.3 is 0 Å². The van der Waals surface area contributed by atoms with Crippen molar-refractivity contribution in [3.8, 4) is 0 Å². The van der Waals surface area contributed by atoms with Crippen molar-refractivity contribution in [1.82, 2.24) is 15.4 Å². The molecule has 0 aliphatic carbocycles. The topological polar surface area (TPSA) is 87.3 Å².